The molecule has 0 aromatic heterocycles. The summed E-state index contributed by atoms with van der Waals surface area (Å²) >= 11 is 0. The van der Waals surface area contributed by atoms with Gasteiger partial charge in [-0.2, -0.15) is 0 Å². The molecule has 2 aromatic carbocycles. The van der Waals surface area contributed by atoms with Crippen LogP contribution in [0.1, 0.15) is 23.6 Å². The van der Waals surface area contributed by atoms with Crippen molar-refractivity contribution in [3.8, 4) is 0 Å². The smallest absolute Gasteiger partial charge is 0.126 e. The summed E-state index contributed by atoms with van der Waals surface area (Å²) < 4.78 is 26.1. The van der Waals surface area contributed by atoms with E-state index in [0.717, 1.165) is 11.1 Å². The zero-order valence-electron chi connectivity index (χ0n) is 11.1. The molecule has 0 aliphatic carbocycles. The SMILES string of the molecule is Cc1cc(C(C)(N)Cc2ccc(F)cc2)ccc1F. The highest BCUT2D eigenvalue weighted by atomic mass is 19.1. The summed E-state index contributed by atoms with van der Waals surface area (Å²) in [5.74, 6) is -0.499. The van der Waals surface area contributed by atoms with Crippen LogP contribution in [0.25, 0.3) is 0 Å². The monoisotopic (exact) mass is 261 g/mol. The molecule has 0 spiro atoms. The van der Waals surface area contributed by atoms with Crippen molar-refractivity contribution in [1.29, 1.82) is 0 Å². The Morgan fingerprint density at radius 3 is 2.26 bits per heavy atom. The van der Waals surface area contributed by atoms with E-state index in [1.54, 1.807) is 31.2 Å². The molecule has 100 valence electrons. The van der Waals surface area contributed by atoms with Crippen LogP contribution >= 0.6 is 0 Å². The van der Waals surface area contributed by atoms with Crippen molar-refractivity contribution in [3.05, 3.63) is 70.8 Å². The Kier molecular flexibility index (Phi) is 3.67. The Morgan fingerprint density at radius 2 is 1.68 bits per heavy atom. The Labute approximate surface area is 112 Å². The third-order valence-electron chi connectivity index (χ3n) is 3.30. The van der Waals surface area contributed by atoms with Crippen LogP contribution in [0.4, 0.5) is 8.78 Å². The molecule has 0 saturated heterocycles. The van der Waals surface area contributed by atoms with Crippen LogP contribution in [-0.4, -0.2) is 0 Å². The molecule has 0 fully saturated rings. The first-order chi connectivity index (χ1) is 8.88. The van der Waals surface area contributed by atoms with Gasteiger partial charge in [-0.1, -0.05) is 24.3 Å². The minimum atomic E-state index is -0.615. The highest BCUT2D eigenvalue weighted by Gasteiger charge is 2.22. The number of aryl methyl sites for hydroxylation is 1. The summed E-state index contributed by atoms with van der Waals surface area (Å²) in [6.07, 6.45) is 0.568. The lowest BCUT2D eigenvalue weighted by molar-refractivity contribution is 0.488. The normalized spacial score (nSPS) is 14.2. The number of hydrogen-bond donors (Lipinski definition) is 1. The Balaban J connectivity index is 2.26. The summed E-state index contributed by atoms with van der Waals surface area (Å²) in [4.78, 5) is 0. The summed E-state index contributed by atoms with van der Waals surface area (Å²) in [6, 6.07) is 11.2. The average Bonchev–Trinajstić information content (AvgIpc) is 2.35. The first-order valence-electron chi connectivity index (χ1n) is 6.18. The second-order valence-electron chi connectivity index (χ2n) is 5.18. The van der Waals surface area contributed by atoms with Crippen LogP contribution in [0, 0.1) is 18.6 Å². The molecule has 1 nitrogen and oxygen atoms in total. The van der Waals surface area contributed by atoms with Gasteiger partial charge >= 0.3 is 0 Å². The highest BCUT2D eigenvalue weighted by molar-refractivity contribution is 5.31. The van der Waals surface area contributed by atoms with E-state index in [1.165, 1.54) is 18.2 Å². The first kappa shape index (κ1) is 13.7. The topological polar surface area (TPSA) is 26.0 Å². The molecule has 0 aliphatic rings. The fourth-order valence-corrected chi connectivity index (χ4v) is 2.13. The van der Waals surface area contributed by atoms with Gasteiger partial charge < -0.3 is 5.73 Å². The third-order valence-corrected chi connectivity index (χ3v) is 3.30. The lowest BCUT2D eigenvalue weighted by atomic mass is 9.86. The molecule has 2 aromatic rings. The molecule has 1 atom stereocenters. The van der Waals surface area contributed by atoms with Crippen LogP contribution in [0.3, 0.4) is 0 Å². The van der Waals surface area contributed by atoms with Gasteiger partial charge in [-0.05, 0) is 55.2 Å². The Morgan fingerprint density at radius 1 is 1.05 bits per heavy atom. The van der Waals surface area contributed by atoms with Gasteiger partial charge in [-0.15, -0.1) is 0 Å². The molecule has 3 heteroatoms. The van der Waals surface area contributed by atoms with Gasteiger partial charge in [0.05, 0.1) is 0 Å². The second kappa shape index (κ2) is 5.10. The molecule has 0 amide bonds. The largest absolute Gasteiger partial charge is 0.321 e. The molecule has 0 bridgehead atoms. The van der Waals surface area contributed by atoms with Crippen LogP contribution in [0.5, 0.6) is 0 Å². The average molecular weight is 261 g/mol. The lowest BCUT2D eigenvalue weighted by Crippen LogP contribution is -2.35. The summed E-state index contributed by atoms with van der Waals surface area (Å²) in [6.45, 7) is 3.61. The zero-order valence-corrected chi connectivity index (χ0v) is 11.1. The molecule has 2 rings (SSSR count). The standard InChI is InChI=1S/C16H17F2N/c1-11-9-13(5-8-15(11)18)16(2,19)10-12-3-6-14(17)7-4-12/h3-9H,10,19H2,1-2H3. The van der Waals surface area contributed by atoms with Crippen molar-refractivity contribution in [3.63, 3.8) is 0 Å². The maximum absolute atomic E-state index is 13.3. The molecule has 0 saturated carbocycles. The predicted octanol–water partition coefficient (Wildman–Crippen LogP) is 3.69. The summed E-state index contributed by atoms with van der Waals surface area (Å²) in [5.41, 5.74) is 8.10. The van der Waals surface area contributed by atoms with Crippen LogP contribution in [0.15, 0.2) is 42.5 Å². The maximum atomic E-state index is 13.3. The number of nitrogens with two attached hydrogens (primary N) is 1. The number of benzene rings is 2. The fourth-order valence-electron chi connectivity index (χ4n) is 2.13. The minimum absolute atomic E-state index is 0.235. The van der Waals surface area contributed by atoms with E-state index in [1.807, 2.05) is 6.92 Å². The van der Waals surface area contributed by atoms with E-state index >= 15 is 0 Å². The molecular weight excluding hydrogens is 244 g/mol. The molecular formula is C16H17F2N. The van der Waals surface area contributed by atoms with E-state index in [-0.39, 0.29) is 11.6 Å². The van der Waals surface area contributed by atoms with Crippen molar-refractivity contribution in [2.24, 2.45) is 5.73 Å². The second-order valence-corrected chi connectivity index (χ2v) is 5.18. The highest BCUT2D eigenvalue weighted by Crippen LogP contribution is 2.24. The number of rotatable bonds is 3. The van der Waals surface area contributed by atoms with E-state index < -0.39 is 5.54 Å². The van der Waals surface area contributed by atoms with E-state index in [2.05, 4.69) is 0 Å². The molecule has 2 N–H and O–H groups in total. The fraction of sp³-hybridized carbons (Fsp3) is 0.250. The van der Waals surface area contributed by atoms with Gasteiger partial charge in [0.2, 0.25) is 0 Å². The Hall–Kier alpha value is -1.74. The van der Waals surface area contributed by atoms with E-state index in [9.17, 15) is 8.78 Å². The van der Waals surface area contributed by atoms with Gasteiger partial charge in [-0.25, -0.2) is 8.78 Å². The quantitative estimate of drug-likeness (QED) is 0.896. The van der Waals surface area contributed by atoms with E-state index in [4.69, 9.17) is 5.73 Å². The minimum Gasteiger partial charge on any atom is -0.321 e. The van der Waals surface area contributed by atoms with Gasteiger partial charge in [0.25, 0.3) is 0 Å². The summed E-state index contributed by atoms with van der Waals surface area (Å²) in [5, 5.41) is 0. The third kappa shape index (κ3) is 3.18. The van der Waals surface area contributed by atoms with Gasteiger partial charge in [0, 0.05) is 5.54 Å². The lowest BCUT2D eigenvalue weighted by Gasteiger charge is -2.26. The van der Waals surface area contributed by atoms with Gasteiger partial charge in [0.1, 0.15) is 11.6 Å². The molecule has 1 unspecified atom stereocenters. The van der Waals surface area contributed by atoms with Crippen molar-refractivity contribution in [1.82, 2.24) is 0 Å². The van der Waals surface area contributed by atoms with E-state index in [0.29, 0.717) is 12.0 Å². The zero-order chi connectivity index (χ0) is 14.0. The summed E-state index contributed by atoms with van der Waals surface area (Å²) in [7, 11) is 0. The first-order valence-corrected chi connectivity index (χ1v) is 6.18. The van der Waals surface area contributed by atoms with Crippen molar-refractivity contribution in [2.75, 3.05) is 0 Å². The molecule has 0 aliphatic heterocycles. The van der Waals surface area contributed by atoms with Crippen molar-refractivity contribution in [2.45, 2.75) is 25.8 Å². The number of halogens is 2. The van der Waals surface area contributed by atoms with Crippen LogP contribution in [-0.2, 0) is 12.0 Å². The molecule has 0 radical (unpaired) electrons. The molecule has 0 heterocycles. The van der Waals surface area contributed by atoms with Crippen LogP contribution in [0.2, 0.25) is 0 Å². The van der Waals surface area contributed by atoms with Gasteiger partial charge in [0.15, 0.2) is 0 Å². The number of hydrogen-bond acceptors (Lipinski definition) is 1. The molecule has 19 heavy (non-hydrogen) atoms. The van der Waals surface area contributed by atoms with Gasteiger partial charge in [-0.3, -0.25) is 0 Å². The predicted molar refractivity (Wildman–Crippen MR) is 72.8 cm³/mol. The Bertz CT molecular complexity index is 574. The van der Waals surface area contributed by atoms with Crippen molar-refractivity contribution < 1.29 is 8.78 Å². The maximum Gasteiger partial charge on any atom is 0.126 e. The van der Waals surface area contributed by atoms with Crippen molar-refractivity contribution >= 4 is 0 Å². The van der Waals surface area contributed by atoms with Crippen LogP contribution < -0.4 is 5.73 Å².